The number of carbonyl (C=O) groups is 2. The minimum absolute atomic E-state index is 0.0313. The summed E-state index contributed by atoms with van der Waals surface area (Å²) in [5.41, 5.74) is 2.75. The summed E-state index contributed by atoms with van der Waals surface area (Å²) < 4.78 is 51.2. The van der Waals surface area contributed by atoms with Crippen molar-refractivity contribution in [1.29, 1.82) is 0 Å². The van der Waals surface area contributed by atoms with Crippen LogP contribution in [-0.2, 0) is 27.2 Å². The molecular weight excluding hydrogens is 730 g/mol. The van der Waals surface area contributed by atoms with Crippen molar-refractivity contribution < 1.29 is 36.8 Å². The van der Waals surface area contributed by atoms with Crippen molar-refractivity contribution in [1.82, 2.24) is 10.3 Å². The number of alkyl halides is 3. The van der Waals surface area contributed by atoms with Gasteiger partial charge in [0.2, 0.25) is 0 Å². The topological polar surface area (TPSA) is 113 Å². The van der Waals surface area contributed by atoms with Gasteiger partial charge in [0.1, 0.15) is 0 Å². The average molecular weight is 783 g/mol. The fraction of sp³-hybridized carbons (Fsp3) is 0.405. The van der Waals surface area contributed by atoms with Gasteiger partial charge in [-0.2, -0.15) is 13.2 Å². The zero-order valence-electron chi connectivity index (χ0n) is 32.6. The third-order valence-electron chi connectivity index (χ3n) is 8.60. The monoisotopic (exact) mass is 782 g/mol. The number of aliphatic hydroxyl groups excluding tert-OH is 1. The Labute approximate surface area is 327 Å². The summed E-state index contributed by atoms with van der Waals surface area (Å²) in [5, 5.41) is 14.8. The Hall–Kier alpha value is -4.43. The first-order chi connectivity index (χ1) is 26.2. The summed E-state index contributed by atoms with van der Waals surface area (Å²) in [5.74, 6) is -0.832. The molecule has 0 saturated carbocycles. The van der Waals surface area contributed by atoms with Crippen LogP contribution in [0.1, 0.15) is 92.3 Å². The summed E-state index contributed by atoms with van der Waals surface area (Å²) >= 11 is 1.31. The van der Waals surface area contributed by atoms with Gasteiger partial charge in [0.15, 0.2) is 0 Å². The van der Waals surface area contributed by atoms with Gasteiger partial charge in [-0.25, -0.2) is 0 Å². The molecule has 9 nitrogen and oxygen atoms in total. The first-order valence-corrected chi connectivity index (χ1v) is 19.3. The van der Waals surface area contributed by atoms with Gasteiger partial charge in [-0.15, -0.1) is 0 Å². The summed E-state index contributed by atoms with van der Waals surface area (Å²) in [7, 11) is 0. The zero-order valence-corrected chi connectivity index (χ0v) is 33.4. The first-order valence-electron chi connectivity index (χ1n) is 18.5. The normalized spacial score (nSPS) is 12.0. The molecule has 13 heteroatoms. The van der Waals surface area contributed by atoms with Crippen LogP contribution in [0.2, 0.25) is 0 Å². The molecule has 3 aromatic carbocycles. The minimum atomic E-state index is -4.49. The number of rotatable bonds is 18. The molecule has 0 aliphatic rings. The summed E-state index contributed by atoms with van der Waals surface area (Å²) in [6.07, 6.45) is -2.27. The van der Waals surface area contributed by atoms with Crippen LogP contribution in [0.15, 0.2) is 85.1 Å². The molecule has 298 valence electrons. The van der Waals surface area contributed by atoms with Crippen molar-refractivity contribution in [3.8, 4) is 11.3 Å². The molecule has 55 heavy (non-hydrogen) atoms. The zero-order chi connectivity index (χ0) is 40.6. The van der Waals surface area contributed by atoms with Gasteiger partial charge < -0.3 is 29.6 Å². The quantitative estimate of drug-likeness (QED) is 0.0676. The van der Waals surface area contributed by atoms with E-state index in [-0.39, 0.29) is 36.5 Å². The van der Waals surface area contributed by atoms with Gasteiger partial charge in [-0.05, 0) is 112 Å². The molecule has 0 bridgehead atoms. The second-order valence-corrected chi connectivity index (χ2v) is 14.1. The molecule has 3 N–H and O–H groups in total. The maximum Gasteiger partial charge on any atom is 0.416 e. The van der Waals surface area contributed by atoms with Crippen LogP contribution in [0.4, 0.5) is 24.5 Å². The highest BCUT2D eigenvalue weighted by Gasteiger charge is 2.30. The van der Waals surface area contributed by atoms with Gasteiger partial charge in [0, 0.05) is 60.1 Å². The molecule has 1 aromatic heterocycles. The Morgan fingerprint density at radius 2 is 1.58 bits per heavy atom. The molecule has 0 aliphatic carbocycles. The summed E-state index contributed by atoms with van der Waals surface area (Å²) in [6, 6.07) is 20.8. The largest absolute Gasteiger partial charge is 0.416 e. The van der Waals surface area contributed by atoms with Crippen LogP contribution in [-0.4, -0.2) is 60.1 Å². The van der Waals surface area contributed by atoms with E-state index in [2.05, 4.69) is 20.5 Å². The molecule has 4 aromatic rings. The lowest BCUT2D eigenvalue weighted by atomic mass is 9.95. The maximum atomic E-state index is 13.8. The summed E-state index contributed by atoms with van der Waals surface area (Å²) in [6.45, 7) is 16.1. The average Bonchev–Trinajstić information content (AvgIpc) is 3.18. The number of anilines is 2. The van der Waals surface area contributed by atoms with Crippen LogP contribution in [0.5, 0.6) is 0 Å². The van der Waals surface area contributed by atoms with E-state index in [1.807, 2.05) is 78.8 Å². The highest BCUT2D eigenvalue weighted by molar-refractivity contribution is 7.95. The molecule has 2 amide bonds. The van der Waals surface area contributed by atoms with E-state index in [1.165, 1.54) is 36.4 Å². The number of halogens is 3. The number of nitrogens with zero attached hydrogens (tertiary/aromatic N) is 2. The number of ether oxygens (including phenoxy) is 1. The van der Waals surface area contributed by atoms with Crippen molar-refractivity contribution >= 4 is 35.2 Å². The number of carbonyl (C=O) groups excluding carboxylic acids is 2. The molecule has 0 spiro atoms. The number of aliphatic hydroxyl groups is 1. The Balaban J connectivity index is 0.00000399. The number of amides is 2. The first kappa shape index (κ1) is 45.0. The number of nitrogens with one attached hydrogen (secondary N) is 2. The van der Waals surface area contributed by atoms with Gasteiger partial charge >= 0.3 is 6.18 Å². The van der Waals surface area contributed by atoms with Crippen LogP contribution in [0, 0.1) is 0 Å². The van der Waals surface area contributed by atoms with Gasteiger partial charge in [-0.3, -0.25) is 14.6 Å². The van der Waals surface area contributed by atoms with Crippen LogP contribution in [0.25, 0.3) is 11.3 Å². The molecular formula is C42H53F3N4O5S. The van der Waals surface area contributed by atoms with Crippen LogP contribution >= 0.6 is 12.0 Å². The smallest absolute Gasteiger partial charge is 0.394 e. The number of hydrogen-bond acceptors (Lipinski definition) is 8. The predicted octanol–water partition coefficient (Wildman–Crippen LogP) is 9.51. The SMILES string of the molecule is CC.CCN(CC)c1ccc(NC(=O)c2cccc(C(C)(C)OCCC(C)SOCCO)c2)c(-c2cc(C(=O)NCc3cccc(C(F)(F)F)c3)ccn2)c1. The second kappa shape index (κ2) is 21.6. The molecule has 0 radical (unpaired) electrons. The van der Waals surface area contributed by atoms with Crippen LogP contribution in [0.3, 0.4) is 0 Å². The fourth-order valence-electron chi connectivity index (χ4n) is 5.54. The van der Waals surface area contributed by atoms with E-state index in [0.717, 1.165) is 42.9 Å². The third-order valence-corrected chi connectivity index (χ3v) is 9.47. The highest BCUT2D eigenvalue weighted by Crippen LogP contribution is 2.33. The van der Waals surface area contributed by atoms with E-state index in [9.17, 15) is 22.8 Å². The standard InChI is InChI=1S/C40H47F3N4O5S.C2H6/c1-6-47(7-2)33-14-15-35(46-38(50)29-11-9-12-31(23-29)39(4,5)51-20-17-27(3)53-52-21-19-48)34(25-33)36-24-30(16-18-44-36)37(49)45-26-28-10-8-13-32(22-28)40(41,42)43;1-2/h8-16,18,22-25,27,48H,6-7,17,19-21,26H2,1-5H3,(H,45,49)(H,46,50);1-2H3. The number of benzene rings is 3. The minimum Gasteiger partial charge on any atom is -0.394 e. The van der Waals surface area contributed by atoms with E-state index >= 15 is 0 Å². The Morgan fingerprint density at radius 3 is 2.27 bits per heavy atom. The van der Waals surface area contributed by atoms with Crippen molar-refractivity contribution in [2.45, 2.75) is 78.5 Å². The Bertz CT molecular complexity index is 1840. The fourth-order valence-corrected chi connectivity index (χ4v) is 6.14. The molecule has 1 atom stereocenters. The predicted molar refractivity (Wildman–Crippen MR) is 215 cm³/mol. The van der Waals surface area contributed by atoms with Gasteiger partial charge in [0.05, 0.1) is 35.8 Å². The number of hydrogen-bond donors (Lipinski definition) is 3. The molecule has 0 aliphatic heterocycles. The maximum absolute atomic E-state index is 13.8. The van der Waals surface area contributed by atoms with E-state index < -0.39 is 23.2 Å². The lowest BCUT2D eigenvalue weighted by molar-refractivity contribution is -0.137. The van der Waals surface area contributed by atoms with Crippen molar-refractivity contribution in [2.24, 2.45) is 0 Å². The molecule has 0 fully saturated rings. The second-order valence-electron chi connectivity index (χ2n) is 12.8. The number of aromatic nitrogens is 1. The van der Waals surface area contributed by atoms with Crippen molar-refractivity contribution in [3.05, 3.63) is 113 Å². The highest BCUT2D eigenvalue weighted by atomic mass is 32.2. The van der Waals surface area contributed by atoms with Gasteiger partial charge in [-0.1, -0.05) is 45.0 Å². The van der Waals surface area contributed by atoms with Crippen LogP contribution < -0.4 is 15.5 Å². The summed E-state index contributed by atoms with van der Waals surface area (Å²) in [4.78, 5) is 33.7. The number of pyridine rings is 1. The van der Waals surface area contributed by atoms with Crippen molar-refractivity contribution in [2.75, 3.05) is 43.1 Å². The van der Waals surface area contributed by atoms with Crippen molar-refractivity contribution in [3.63, 3.8) is 0 Å². The van der Waals surface area contributed by atoms with E-state index in [1.54, 1.807) is 18.2 Å². The Kier molecular flexibility index (Phi) is 17.7. The lowest BCUT2D eigenvalue weighted by Crippen LogP contribution is -2.24. The lowest BCUT2D eigenvalue weighted by Gasteiger charge is -2.27. The van der Waals surface area contributed by atoms with Gasteiger partial charge in [0.25, 0.3) is 11.8 Å². The molecule has 4 rings (SSSR count). The molecule has 0 saturated heterocycles. The van der Waals surface area contributed by atoms with E-state index in [0.29, 0.717) is 34.7 Å². The molecule has 1 heterocycles. The third kappa shape index (κ3) is 13.4. The van der Waals surface area contributed by atoms with E-state index in [4.69, 9.17) is 14.0 Å². The molecule has 1 unspecified atom stereocenters. The Morgan fingerprint density at radius 1 is 0.891 bits per heavy atom.